The van der Waals surface area contributed by atoms with E-state index in [2.05, 4.69) is 20.3 Å². The lowest BCUT2D eigenvalue weighted by Gasteiger charge is -2.11. The number of ether oxygens (including phenoxy) is 1. The van der Waals surface area contributed by atoms with E-state index in [0.29, 0.717) is 17.3 Å². The lowest BCUT2D eigenvalue weighted by molar-refractivity contribution is 0.0435. The van der Waals surface area contributed by atoms with Crippen LogP contribution in [0.25, 0.3) is 5.82 Å². The second-order valence-electron chi connectivity index (χ2n) is 5.49. The monoisotopic (exact) mass is 327 g/mol. The fourth-order valence-corrected chi connectivity index (χ4v) is 2.33. The van der Waals surface area contributed by atoms with Crippen LogP contribution in [-0.2, 0) is 11.3 Å². The summed E-state index contributed by atoms with van der Waals surface area (Å²) >= 11 is 0. The van der Waals surface area contributed by atoms with Crippen molar-refractivity contribution in [2.24, 2.45) is 0 Å². The van der Waals surface area contributed by atoms with Gasteiger partial charge in [-0.3, -0.25) is 0 Å². The van der Waals surface area contributed by atoms with Crippen molar-refractivity contribution < 1.29 is 13.9 Å². The molecule has 0 aliphatic carbocycles. The SMILES string of the molecule is Cc1nnc(COC(=O)c2cnn(-c3ccccn3)c2C(C)C)o1. The van der Waals surface area contributed by atoms with Gasteiger partial charge in [-0.2, -0.15) is 5.10 Å². The number of rotatable bonds is 5. The molecule has 0 radical (unpaired) electrons. The zero-order valence-corrected chi connectivity index (χ0v) is 13.6. The number of carbonyl (C=O) groups excluding carboxylic acids is 1. The van der Waals surface area contributed by atoms with Gasteiger partial charge in [0.05, 0.1) is 11.9 Å². The number of carbonyl (C=O) groups is 1. The van der Waals surface area contributed by atoms with Crippen LogP contribution in [0.15, 0.2) is 35.0 Å². The molecule has 0 aliphatic rings. The molecule has 0 aliphatic heterocycles. The quantitative estimate of drug-likeness (QED) is 0.664. The third-order valence-electron chi connectivity index (χ3n) is 3.33. The molecule has 0 atom stereocenters. The molecule has 124 valence electrons. The van der Waals surface area contributed by atoms with Crippen LogP contribution < -0.4 is 0 Å². The predicted octanol–water partition coefficient (Wildman–Crippen LogP) is 2.44. The zero-order valence-electron chi connectivity index (χ0n) is 13.6. The van der Waals surface area contributed by atoms with Crippen molar-refractivity contribution in [3.63, 3.8) is 0 Å². The molecule has 8 heteroatoms. The predicted molar refractivity (Wildman–Crippen MR) is 83.6 cm³/mol. The van der Waals surface area contributed by atoms with E-state index >= 15 is 0 Å². The first-order valence-electron chi connectivity index (χ1n) is 7.51. The number of esters is 1. The molecule has 3 heterocycles. The van der Waals surface area contributed by atoms with E-state index in [1.54, 1.807) is 17.8 Å². The van der Waals surface area contributed by atoms with Gasteiger partial charge in [-0.05, 0) is 18.1 Å². The van der Waals surface area contributed by atoms with Gasteiger partial charge in [-0.25, -0.2) is 14.5 Å². The van der Waals surface area contributed by atoms with Gasteiger partial charge in [0.2, 0.25) is 5.89 Å². The first kappa shape index (κ1) is 15.9. The largest absolute Gasteiger partial charge is 0.452 e. The summed E-state index contributed by atoms with van der Waals surface area (Å²) in [5.74, 6) is 0.892. The highest BCUT2D eigenvalue weighted by Crippen LogP contribution is 2.23. The van der Waals surface area contributed by atoms with Crippen molar-refractivity contribution in [3.8, 4) is 5.82 Å². The fraction of sp³-hybridized carbons (Fsp3) is 0.312. The third kappa shape index (κ3) is 3.17. The summed E-state index contributed by atoms with van der Waals surface area (Å²) in [6.45, 7) is 5.56. The zero-order chi connectivity index (χ0) is 17.1. The molecular formula is C16H17N5O3. The number of hydrogen-bond acceptors (Lipinski definition) is 7. The van der Waals surface area contributed by atoms with Gasteiger partial charge in [0, 0.05) is 13.1 Å². The van der Waals surface area contributed by atoms with E-state index in [-0.39, 0.29) is 18.4 Å². The minimum absolute atomic E-state index is 0.0581. The summed E-state index contributed by atoms with van der Waals surface area (Å²) in [5.41, 5.74) is 1.13. The van der Waals surface area contributed by atoms with Gasteiger partial charge in [0.1, 0.15) is 5.56 Å². The summed E-state index contributed by atoms with van der Waals surface area (Å²) in [4.78, 5) is 16.7. The Hall–Kier alpha value is -3.03. The normalized spacial score (nSPS) is 11.0. The van der Waals surface area contributed by atoms with Crippen molar-refractivity contribution in [2.75, 3.05) is 0 Å². The molecule has 3 rings (SSSR count). The van der Waals surface area contributed by atoms with Gasteiger partial charge in [0.25, 0.3) is 5.89 Å². The highest BCUT2D eigenvalue weighted by atomic mass is 16.5. The first-order chi connectivity index (χ1) is 11.6. The maximum Gasteiger partial charge on any atom is 0.342 e. The smallest absolute Gasteiger partial charge is 0.342 e. The van der Waals surface area contributed by atoms with E-state index < -0.39 is 5.97 Å². The van der Waals surface area contributed by atoms with E-state index in [4.69, 9.17) is 9.15 Å². The molecule has 3 aromatic rings. The van der Waals surface area contributed by atoms with Crippen LogP contribution in [0.4, 0.5) is 0 Å². The Bertz CT molecular complexity index is 839. The molecule has 0 spiro atoms. The summed E-state index contributed by atoms with van der Waals surface area (Å²) in [7, 11) is 0. The van der Waals surface area contributed by atoms with Crippen molar-refractivity contribution in [1.29, 1.82) is 0 Å². The van der Waals surface area contributed by atoms with Crippen LogP contribution in [0.5, 0.6) is 0 Å². The van der Waals surface area contributed by atoms with Crippen molar-refractivity contribution in [2.45, 2.75) is 33.3 Å². The Balaban J connectivity index is 1.85. The molecule has 24 heavy (non-hydrogen) atoms. The van der Waals surface area contributed by atoms with Gasteiger partial charge in [0.15, 0.2) is 12.4 Å². The maximum absolute atomic E-state index is 12.4. The van der Waals surface area contributed by atoms with E-state index in [0.717, 1.165) is 5.69 Å². The molecule has 0 saturated heterocycles. The van der Waals surface area contributed by atoms with Crippen LogP contribution in [0, 0.1) is 6.92 Å². The first-order valence-corrected chi connectivity index (χ1v) is 7.51. The third-order valence-corrected chi connectivity index (χ3v) is 3.33. The number of hydrogen-bond donors (Lipinski definition) is 0. The Labute approximate surface area is 138 Å². The number of nitrogens with zero attached hydrogens (tertiary/aromatic N) is 5. The highest BCUT2D eigenvalue weighted by Gasteiger charge is 2.23. The van der Waals surface area contributed by atoms with Gasteiger partial charge < -0.3 is 9.15 Å². The van der Waals surface area contributed by atoms with Gasteiger partial charge >= 0.3 is 5.97 Å². The Kier molecular flexibility index (Phi) is 4.37. The topological polar surface area (TPSA) is 95.9 Å². The summed E-state index contributed by atoms with van der Waals surface area (Å²) in [6, 6.07) is 5.52. The Morgan fingerprint density at radius 3 is 2.79 bits per heavy atom. The lowest BCUT2D eigenvalue weighted by Crippen LogP contribution is -2.11. The van der Waals surface area contributed by atoms with Crippen LogP contribution in [0.3, 0.4) is 0 Å². The average molecular weight is 327 g/mol. The highest BCUT2D eigenvalue weighted by molar-refractivity contribution is 5.90. The number of pyridine rings is 1. The van der Waals surface area contributed by atoms with E-state index in [9.17, 15) is 4.79 Å². The maximum atomic E-state index is 12.4. The molecule has 8 nitrogen and oxygen atoms in total. The second-order valence-corrected chi connectivity index (χ2v) is 5.49. The van der Waals surface area contributed by atoms with Crippen LogP contribution in [-0.4, -0.2) is 30.9 Å². The lowest BCUT2D eigenvalue weighted by atomic mass is 10.1. The van der Waals surface area contributed by atoms with E-state index in [1.807, 2.05) is 32.0 Å². The molecule has 0 bridgehead atoms. The molecule has 0 N–H and O–H groups in total. The van der Waals surface area contributed by atoms with Crippen molar-refractivity contribution >= 4 is 5.97 Å². The molecule has 3 aromatic heterocycles. The summed E-state index contributed by atoms with van der Waals surface area (Å²) < 4.78 is 12.1. The number of aryl methyl sites for hydroxylation is 1. The van der Waals surface area contributed by atoms with Gasteiger partial charge in [-0.15, -0.1) is 10.2 Å². The molecule has 0 unspecified atom stereocenters. The molecule has 0 saturated carbocycles. The molecule has 0 aromatic carbocycles. The summed E-state index contributed by atoms with van der Waals surface area (Å²) in [5, 5.41) is 11.8. The van der Waals surface area contributed by atoms with Crippen LogP contribution in [0.2, 0.25) is 0 Å². The Morgan fingerprint density at radius 1 is 1.33 bits per heavy atom. The Morgan fingerprint density at radius 2 is 2.17 bits per heavy atom. The minimum atomic E-state index is -0.489. The second kappa shape index (κ2) is 6.61. The number of aromatic nitrogens is 5. The van der Waals surface area contributed by atoms with E-state index in [1.165, 1.54) is 6.20 Å². The standard InChI is InChI=1S/C16H17N5O3/c1-10(2)15-12(8-18-21(15)13-6-4-5-7-17-13)16(22)23-9-14-20-19-11(3)24-14/h4-8,10H,9H2,1-3H3. The van der Waals surface area contributed by atoms with Crippen LogP contribution in [0.1, 0.15) is 47.6 Å². The fourth-order valence-electron chi connectivity index (χ4n) is 2.33. The van der Waals surface area contributed by atoms with Gasteiger partial charge in [-0.1, -0.05) is 19.9 Å². The van der Waals surface area contributed by atoms with Crippen LogP contribution >= 0.6 is 0 Å². The van der Waals surface area contributed by atoms with Crippen molar-refractivity contribution in [1.82, 2.24) is 25.0 Å². The summed E-state index contributed by atoms with van der Waals surface area (Å²) in [6.07, 6.45) is 3.17. The molecular weight excluding hydrogens is 310 g/mol. The van der Waals surface area contributed by atoms with Crippen molar-refractivity contribution in [3.05, 3.63) is 53.6 Å². The molecule has 0 fully saturated rings. The average Bonchev–Trinajstić information content (AvgIpc) is 3.19. The minimum Gasteiger partial charge on any atom is -0.452 e. The molecule has 0 amide bonds.